The highest BCUT2D eigenvalue weighted by Crippen LogP contribution is 2.19. The lowest BCUT2D eigenvalue weighted by atomic mass is 9.97. The van der Waals surface area contributed by atoms with Crippen LogP contribution in [0.4, 0.5) is 0 Å². The van der Waals surface area contributed by atoms with Gasteiger partial charge in [0.1, 0.15) is 0 Å². The Morgan fingerprint density at radius 1 is 0.378 bits per heavy atom. The fourth-order valence-corrected chi connectivity index (χ4v) is 7.11. The van der Waals surface area contributed by atoms with E-state index >= 15 is 0 Å². The predicted molar refractivity (Wildman–Crippen MR) is 204 cm³/mol. The molecule has 264 valence electrons. The summed E-state index contributed by atoms with van der Waals surface area (Å²) in [7, 11) is 0. The number of rotatable bonds is 35. The standard InChI is InChI=1S/C44H84N/c1-5-7-9-11-13-15-17-19-21-23-25-27-29-31-33-35-37-43-39-40-45(42(3)4)41-44(43)38-36-34-32-30-28-26-24-22-20-18-16-14-12-10-8-6-2/h39-42H,5-38H2,1-4H3/q+1. The van der Waals surface area contributed by atoms with Crippen molar-refractivity contribution < 1.29 is 4.57 Å². The molecular weight excluding hydrogens is 542 g/mol. The zero-order valence-corrected chi connectivity index (χ0v) is 31.8. The van der Waals surface area contributed by atoms with Crippen LogP contribution in [-0.2, 0) is 12.8 Å². The summed E-state index contributed by atoms with van der Waals surface area (Å²) in [6.45, 7) is 9.25. The molecular formula is C44H84N+. The predicted octanol–water partition coefficient (Wildman–Crippen LogP) is 15.2. The van der Waals surface area contributed by atoms with Crippen molar-refractivity contribution in [2.24, 2.45) is 0 Å². The zero-order valence-electron chi connectivity index (χ0n) is 31.8. The molecule has 1 heterocycles. The van der Waals surface area contributed by atoms with E-state index in [0.717, 1.165) is 0 Å². The number of nitrogens with zero attached hydrogens (tertiary/aromatic N) is 1. The summed E-state index contributed by atoms with van der Waals surface area (Å²) in [6.07, 6.45) is 53.7. The normalized spacial score (nSPS) is 11.7. The lowest BCUT2D eigenvalue weighted by molar-refractivity contribution is -0.716. The van der Waals surface area contributed by atoms with Crippen molar-refractivity contribution >= 4 is 0 Å². The maximum Gasteiger partial charge on any atom is 0.172 e. The second-order valence-corrected chi connectivity index (χ2v) is 15.1. The topological polar surface area (TPSA) is 3.88 Å². The summed E-state index contributed by atoms with van der Waals surface area (Å²) >= 11 is 0. The second-order valence-electron chi connectivity index (χ2n) is 15.1. The molecule has 0 unspecified atom stereocenters. The Morgan fingerprint density at radius 3 is 0.933 bits per heavy atom. The Kier molecular flexibility index (Phi) is 31.0. The molecule has 1 aromatic heterocycles. The van der Waals surface area contributed by atoms with Crippen molar-refractivity contribution in [1.82, 2.24) is 0 Å². The highest BCUT2D eigenvalue weighted by atomic mass is 15.0. The minimum Gasteiger partial charge on any atom is -0.203 e. The third-order valence-corrected chi connectivity index (χ3v) is 10.4. The molecule has 0 saturated carbocycles. The molecule has 1 aromatic rings. The van der Waals surface area contributed by atoms with Crippen molar-refractivity contribution in [3.63, 3.8) is 0 Å². The van der Waals surface area contributed by atoms with Crippen LogP contribution in [0.2, 0.25) is 0 Å². The molecule has 0 aliphatic rings. The highest BCUT2D eigenvalue weighted by Gasteiger charge is 2.12. The first kappa shape index (κ1) is 42.2. The molecule has 0 atom stereocenters. The molecule has 1 rings (SSSR count). The average Bonchev–Trinajstić information content (AvgIpc) is 3.04. The van der Waals surface area contributed by atoms with E-state index in [4.69, 9.17) is 0 Å². The van der Waals surface area contributed by atoms with Gasteiger partial charge in [0.2, 0.25) is 0 Å². The number of aryl methyl sites for hydroxylation is 2. The monoisotopic (exact) mass is 627 g/mol. The first-order valence-corrected chi connectivity index (χ1v) is 21.2. The molecule has 0 amide bonds. The number of hydrogen-bond donors (Lipinski definition) is 0. The zero-order chi connectivity index (χ0) is 32.5. The number of hydrogen-bond acceptors (Lipinski definition) is 0. The Morgan fingerprint density at radius 2 is 0.644 bits per heavy atom. The lowest BCUT2D eigenvalue weighted by Gasteiger charge is -2.10. The van der Waals surface area contributed by atoms with E-state index in [-0.39, 0.29) is 0 Å². The third-order valence-electron chi connectivity index (χ3n) is 10.4. The van der Waals surface area contributed by atoms with Gasteiger partial charge in [-0.2, -0.15) is 0 Å². The average molecular weight is 627 g/mol. The molecule has 0 N–H and O–H groups in total. The van der Waals surface area contributed by atoms with Crippen LogP contribution < -0.4 is 4.57 Å². The van der Waals surface area contributed by atoms with Crippen molar-refractivity contribution in [3.05, 3.63) is 29.6 Å². The first-order chi connectivity index (χ1) is 22.2. The SMILES string of the molecule is CCCCCCCCCCCCCCCCCCc1cc[n+](C(C)C)cc1CCCCCCCCCCCCCCCCCC. The van der Waals surface area contributed by atoms with Crippen molar-refractivity contribution in [3.8, 4) is 0 Å². The number of pyridine rings is 1. The van der Waals surface area contributed by atoms with E-state index in [1.807, 2.05) is 0 Å². The van der Waals surface area contributed by atoms with Gasteiger partial charge in [-0.25, -0.2) is 4.57 Å². The molecule has 0 bridgehead atoms. The van der Waals surface area contributed by atoms with Crippen LogP contribution in [0, 0.1) is 0 Å². The van der Waals surface area contributed by atoms with Gasteiger partial charge in [0.05, 0.1) is 0 Å². The van der Waals surface area contributed by atoms with Crippen LogP contribution in [0.1, 0.15) is 250 Å². The fraction of sp³-hybridized carbons (Fsp3) is 0.886. The number of unbranched alkanes of at least 4 members (excludes halogenated alkanes) is 30. The van der Waals surface area contributed by atoms with Gasteiger partial charge in [-0.05, 0) is 45.1 Å². The van der Waals surface area contributed by atoms with E-state index in [1.165, 1.54) is 218 Å². The maximum absolute atomic E-state index is 2.48. The van der Waals surface area contributed by atoms with E-state index in [9.17, 15) is 0 Å². The van der Waals surface area contributed by atoms with Crippen LogP contribution >= 0.6 is 0 Å². The van der Waals surface area contributed by atoms with Crippen LogP contribution in [0.5, 0.6) is 0 Å². The van der Waals surface area contributed by atoms with Gasteiger partial charge < -0.3 is 0 Å². The van der Waals surface area contributed by atoms with Crippen molar-refractivity contribution in [2.45, 2.75) is 252 Å². The molecule has 1 nitrogen and oxygen atoms in total. The van der Waals surface area contributed by atoms with E-state index in [0.29, 0.717) is 6.04 Å². The summed E-state index contributed by atoms with van der Waals surface area (Å²) < 4.78 is 2.43. The second kappa shape index (κ2) is 33.1. The van der Waals surface area contributed by atoms with Gasteiger partial charge in [0, 0.05) is 11.6 Å². The minimum absolute atomic E-state index is 0.555. The van der Waals surface area contributed by atoms with Crippen LogP contribution in [-0.4, -0.2) is 0 Å². The van der Waals surface area contributed by atoms with Crippen LogP contribution in [0.25, 0.3) is 0 Å². The van der Waals surface area contributed by atoms with Gasteiger partial charge in [-0.1, -0.05) is 206 Å². The molecule has 0 aliphatic heterocycles. The van der Waals surface area contributed by atoms with Crippen LogP contribution in [0.15, 0.2) is 18.5 Å². The molecule has 0 fully saturated rings. The summed E-state index contributed by atoms with van der Waals surface area (Å²) in [5.41, 5.74) is 3.27. The summed E-state index contributed by atoms with van der Waals surface area (Å²) in [4.78, 5) is 0. The van der Waals surface area contributed by atoms with E-state index < -0.39 is 0 Å². The lowest BCUT2D eigenvalue weighted by Crippen LogP contribution is -2.36. The first-order valence-electron chi connectivity index (χ1n) is 21.2. The summed E-state index contributed by atoms with van der Waals surface area (Å²) in [5.74, 6) is 0. The quantitative estimate of drug-likeness (QED) is 0.0521. The fourth-order valence-electron chi connectivity index (χ4n) is 7.11. The molecule has 0 aliphatic carbocycles. The molecule has 1 heteroatoms. The third kappa shape index (κ3) is 26.9. The molecule has 45 heavy (non-hydrogen) atoms. The Balaban J connectivity index is 2.06. The molecule has 0 spiro atoms. The van der Waals surface area contributed by atoms with Crippen molar-refractivity contribution in [2.75, 3.05) is 0 Å². The number of aromatic nitrogens is 1. The Labute approximate surface area is 285 Å². The summed E-state index contributed by atoms with van der Waals surface area (Å²) in [5, 5.41) is 0. The molecule has 0 radical (unpaired) electrons. The Hall–Kier alpha value is -0.850. The largest absolute Gasteiger partial charge is 0.203 e. The van der Waals surface area contributed by atoms with Gasteiger partial charge in [-0.15, -0.1) is 0 Å². The maximum atomic E-state index is 2.48. The van der Waals surface area contributed by atoms with Crippen LogP contribution in [0.3, 0.4) is 0 Å². The Bertz CT molecular complexity index is 722. The van der Waals surface area contributed by atoms with Gasteiger partial charge >= 0.3 is 0 Å². The molecule has 0 aromatic carbocycles. The van der Waals surface area contributed by atoms with Gasteiger partial charge in [0.15, 0.2) is 18.4 Å². The highest BCUT2D eigenvalue weighted by molar-refractivity contribution is 5.21. The van der Waals surface area contributed by atoms with E-state index in [2.05, 4.69) is 50.7 Å². The smallest absolute Gasteiger partial charge is 0.172 e. The van der Waals surface area contributed by atoms with Crippen molar-refractivity contribution in [1.29, 1.82) is 0 Å². The van der Waals surface area contributed by atoms with E-state index in [1.54, 1.807) is 11.1 Å². The summed E-state index contributed by atoms with van der Waals surface area (Å²) in [6, 6.07) is 3.01. The minimum atomic E-state index is 0.555. The molecule has 0 saturated heterocycles. The van der Waals surface area contributed by atoms with Gasteiger partial charge in [-0.3, -0.25) is 0 Å². The van der Waals surface area contributed by atoms with Gasteiger partial charge in [0.25, 0.3) is 0 Å².